The van der Waals surface area contributed by atoms with Gasteiger partial charge >= 0.3 is 0 Å². The van der Waals surface area contributed by atoms with Gasteiger partial charge in [-0.1, -0.05) is 17.7 Å². The highest BCUT2D eigenvalue weighted by molar-refractivity contribution is 6.31. The second kappa shape index (κ2) is 7.54. The Morgan fingerprint density at radius 3 is 2.71 bits per heavy atom. The molecule has 0 heterocycles. The summed E-state index contributed by atoms with van der Waals surface area (Å²) in [6, 6.07) is 5.21. The third-order valence-corrected chi connectivity index (χ3v) is 2.96. The van der Waals surface area contributed by atoms with Crippen molar-refractivity contribution < 1.29 is 5.11 Å². The van der Waals surface area contributed by atoms with Crippen LogP contribution in [-0.2, 0) is 6.54 Å². The molecule has 0 aliphatic rings. The van der Waals surface area contributed by atoms with Crippen molar-refractivity contribution >= 4 is 11.6 Å². The van der Waals surface area contributed by atoms with Crippen molar-refractivity contribution in [2.75, 3.05) is 27.2 Å². The van der Waals surface area contributed by atoms with Gasteiger partial charge in [0.2, 0.25) is 0 Å². The van der Waals surface area contributed by atoms with Gasteiger partial charge in [-0.2, -0.15) is 0 Å². The van der Waals surface area contributed by atoms with E-state index in [0.29, 0.717) is 11.6 Å². The van der Waals surface area contributed by atoms with Crippen LogP contribution >= 0.6 is 11.6 Å². The zero-order valence-electron chi connectivity index (χ0n) is 10.5. The van der Waals surface area contributed by atoms with E-state index in [1.54, 1.807) is 18.2 Å². The van der Waals surface area contributed by atoms with Crippen LogP contribution in [0, 0.1) is 0 Å². The van der Waals surface area contributed by atoms with Gasteiger partial charge < -0.3 is 15.3 Å². The van der Waals surface area contributed by atoms with Crippen molar-refractivity contribution in [2.45, 2.75) is 19.4 Å². The lowest BCUT2D eigenvalue weighted by atomic mass is 10.2. The molecular formula is C13H21ClN2O. The van der Waals surface area contributed by atoms with Gasteiger partial charge in [-0.25, -0.2) is 0 Å². The van der Waals surface area contributed by atoms with Gasteiger partial charge in [0, 0.05) is 17.1 Å². The van der Waals surface area contributed by atoms with E-state index in [0.717, 1.165) is 25.1 Å². The van der Waals surface area contributed by atoms with Crippen LogP contribution in [-0.4, -0.2) is 37.2 Å². The van der Waals surface area contributed by atoms with Crippen molar-refractivity contribution in [3.8, 4) is 5.75 Å². The molecule has 0 unspecified atom stereocenters. The molecule has 0 atom stereocenters. The number of halogens is 1. The molecule has 0 aliphatic carbocycles. The number of hydrogen-bond donors (Lipinski definition) is 2. The highest BCUT2D eigenvalue weighted by Crippen LogP contribution is 2.24. The molecule has 0 aliphatic heterocycles. The lowest BCUT2D eigenvalue weighted by Crippen LogP contribution is -2.18. The Morgan fingerprint density at radius 2 is 2.06 bits per heavy atom. The summed E-state index contributed by atoms with van der Waals surface area (Å²) in [7, 11) is 4.16. The molecule has 0 amide bonds. The minimum Gasteiger partial charge on any atom is -0.508 e. The van der Waals surface area contributed by atoms with Crippen molar-refractivity contribution in [3.05, 3.63) is 28.8 Å². The molecule has 0 radical (unpaired) electrons. The molecule has 17 heavy (non-hydrogen) atoms. The van der Waals surface area contributed by atoms with E-state index in [4.69, 9.17) is 11.6 Å². The summed E-state index contributed by atoms with van der Waals surface area (Å²) >= 11 is 6.00. The molecule has 0 bridgehead atoms. The number of hydrogen-bond acceptors (Lipinski definition) is 3. The number of phenols is 1. The van der Waals surface area contributed by atoms with Gasteiger partial charge in [-0.15, -0.1) is 0 Å². The lowest BCUT2D eigenvalue weighted by Gasteiger charge is -2.10. The molecule has 0 fully saturated rings. The van der Waals surface area contributed by atoms with E-state index in [1.807, 2.05) is 0 Å². The molecule has 1 aromatic rings. The molecule has 0 saturated carbocycles. The lowest BCUT2D eigenvalue weighted by molar-refractivity contribution is 0.391. The van der Waals surface area contributed by atoms with Gasteiger partial charge in [0.15, 0.2) is 0 Å². The molecule has 96 valence electrons. The Balaban J connectivity index is 2.22. The maximum absolute atomic E-state index is 9.64. The van der Waals surface area contributed by atoms with Gasteiger partial charge in [-0.05, 0) is 52.2 Å². The Morgan fingerprint density at radius 1 is 1.29 bits per heavy atom. The zero-order chi connectivity index (χ0) is 12.7. The number of benzene rings is 1. The Hall–Kier alpha value is -0.770. The van der Waals surface area contributed by atoms with E-state index in [9.17, 15) is 5.11 Å². The SMILES string of the molecule is CN(C)CCCCNCc1c(O)cccc1Cl. The van der Waals surface area contributed by atoms with Crippen LogP contribution in [0.15, 0.2) is 18.2 Å². The molecular weight excluding hydrogens is 236 g/mol. The summed E-state index contributed by atoms with van der Waals surface area (Å²) < 4.78 is 0. The molecule has 4 heteroatoms. The highest BCUT2D eigenvalue weighted by Gasteiger charge is 2.04. The van der Waals surface area contributed by atoms with Crippen LogP contribution in [0.4, 0.5) is 0 Å². The van der Waals surface area contributed by atoms with E-state index < -0.39 is 0 Å². The maximum Gasteiger partial charge on any atom is 0.121 e. The monoisotopic (exact) mass is 256 g/mol. The molecule has 1 aromatic carbocycles. The minimum atomic E-state index is 0.262. The predicted octanol–water partition coefficient (Wildman–Crippen LogP) is 2.48. The quantitative estimate of drug-likeness (QED) is 0.736. The van der Waals surface area contributed by atoms with Gasteiger partial charge in [0.05, 0.1) is 0 Å². The van der Waals surface area contributed by atoms with Crippen LogP contribution in [0.1, 0.15) is 18.4 Å². The van der Waals surface area contributed by atoms with Crippen LogP contribution in [0.2, 0.25) is 5.02 Å². The summed E-state index contributed by atoms with van der Waals surface area (Å²) in [5, 5.41) is 13.5. The Kier molecular flexibility index (Phi) is 6.34. The number of nitrogens with one attached hydrogen (secondary N) is 1. The third-order valence-electron chi connectivity index (χ3n) is 2.60. The molecule has 1 rings (SSSR count). The highest BCUT2D eigenvalue weighted by atomic mass is 35.5. The number of unbranched alkanes of at least 4 members (excludes halogenated alkanes) is 1. The Bertz CT molecular complexity index is 322. The number of aromatic hydroxyl groups is 1. The minimum absolute atomic E-state index is 0.262. The third kappa shape index (κ3) is 5.39. The van der Waals surface area contributed by atoms with E-state index in [2.05, 4.69) is 24.3 Å². The fourth-order valence-corrected chi connectivity index (χ4v) is 1.85. The average molecular weight is 257 g/mol. The maximum atomic E-state index is 9.64. The van der Waals surface area contributed by atoms with Gasteiger partial charge in [-0.3, -0.25) is 0 Å². The molecule has 0 spiro atoms. The van der Waals surface area contributed by atoms with Gasteiger partial charge in [0.25, 0.3) is 0 Å². The normalized spacial score (nSPS) is 11.1. The van der Waals surface area contributed by atoms with E-state index in [1.165, 1.54) is 6.42 Å². The van der Waals surface area contributed by atoms with E-state index in [-0.39, 0.29) is 5.75 Å². The summed E-state index contributed by atoms with van der Waals surface area (Å²) in [5.74, 6) is 0.262. The molecule has 3 nitrogen and oxygen atoms in total. The molecule has 0 saturated heterocycles. The fourth-order valence-electron chi connectivity index (χ4n) is 1.61. The smallest absolute Gasteiger partial charge is 0.121 e. The number of rotatable bonds is 7. The Labute approximate surface area is 108 Å². The van der Waals surface area contributed by atoms with Crippen LogP contribution in [0.3, 0.4) is 0 Å². The van der Waals surface area contributed by atoms with Crippen LogP contribution < -0.4 is 5.32 Å². The summed E-state index contributed by atoms with van der Waals surface area (Å²) in [6.45, 7) is 2.67. The topological polar surface area (TPSA) is 35.5 Å². The summed E-state index contributed by atoms with van der Waals surface area (Å²) in [6.07, 6.45) is 2.30. The molecule has 0 aromatic heterocycles. The largest absolute Gasteiger partial charge is 0.508 e. The van der Waals surface area contributed by atoms with Crippen molar-refractivity contribution in [1.82, 2.24) is 10.2 Å². The first-order chi connectivity index (χ1) is 8.11. The first-order valence-electron chi connectivity index (χ1n) is 5.93. The summed E-state index contributed by atoms with van der Waals surface area (Å²) in [4.78, 5) is 2.18. The molecule has 2 N–H and O–H groups in total. The fraction of sp³-hybridized carbons (Fsp3) is 0.538. The van der Waals surface area contributed by atoms with Crippen LogP contribution in [0.5, 0.6) is 5.75 Å². The predicted molar refractivity (Wildman–Crippen MR) is 72.6 cm³/mol. The zero-order valence-corrected chi connectivity index (χ0v) is 11.3. The average Bonchev–Trinajstić information content (AvgIpc) is 2.26. The van der Waals surface area contributed by atoms with Crippen molar-refractivity contribution in [2.24, 2.45) is 0 Å². The number of phenolic OH excluding ortho intramolecular Hbond substituents is 1. The first-order valence-corrected chi connectivity index (χ1v) is 6.31. The van der Waals surface area contributed by atoms with Crippen LogP contribution in [0.25, 0.3) is 0 Å². The second-order valence-corrected chi connectivity index (χ2v) is 4.83. The first kappa shape index (κ1) is 14.3. The van der Waals surface area contributed by atoms with Crippen molar-refractivity contribution in [3.63, 3.8) is 0 Å². The van der Waals surface area contributed by atoms with E-state index >= 15 is 0 Å². The second-order valence-electron chi connectivity index (χ2n) is 4.42. The number of nitrogens with zero attached hydrogens (tertiary/aromatic N) is 1. The standard InChI is InChI=1S/C13H21ClN2O/c1-16(2)9-4-3-8-15-10-11-12(14)6-5-7-13(11)17/h5-7,15,17H,3-4,8-10H2,1-2H3. The summed E-state index contributed by atoms with van der Waals surface area (Å²) in [5.41, 5.74) is 0.779. The van der Waals surface area contributed by atoms with Gasteiger partial charge in [0.1, 0.15) is 5.75 Å². The van der Waals surface area contributed by atoms with Crippen molar-refractivity contribution in [1.29, 1.82) is 0 Å².